The van der Waals surface area contributed by atoms with Crippen molar-refractivity contribution >= 4 is 37.5 Å². The highest BCUT2D eigenvalue weighted by Gasteiger charge is 2.23. The Hall–Kier alpha value is -0.800. The average Bonchev–Trinajstić information content (AvgIpc) is 2.43. The molecule has 2 rings (SSSR count). The minimum absolute atomic E-state index is 0.140. The van der Waals surface area contributed by atoms with Crippen LogP contribution in [0.15, 0.2) is 57.5 Å². The Morgan fingerprint density at radius 3 is 2.10 bits per heavy atom. The van der Waals surface area contributed by atoms with Gasteiger partial charge in [-0.15, -0.1) is 0 Å². The molecule has 0 aromatic heterocycles. The molecule has 0 aliphatic rings. The molecule has 0 heterocycles. The molecule has 0 fully saturated rings. The standard InChI is InChI=1S/C18H21Br2N/c1-13(21-17-15(19)10-7-11-16(17)20)12-18(2,3)14-8-5-4-6-9-14/h4-11,13,21H,12H2,1-3H3. The third-order valence-electron chi connectivity index (χ3n) is 3.73. The van der Waals surface area contributed by atoms with Crippen molar-refractivity contribution in [3.05, 3.63) is 63.0 Å². The Morgan fingerprint density at radius 1 is 0.952 bits per heavy atom. The fraction of sp³-hybridized carbons (Fsp3) is 0.333. The maximum Gasteiger partial charge on any atom is 0.0631 e. The highest BCUT2D eigenvalue weighted by molar-refractivity contribution is 9.11. The van der Waals surface area contributed by atoms with Gasteiger partial charge in [0.25, 0.3) is 0 Å². The zero-order chi connectivity index (χ0) is 15.5. The summed E-state index contributed by atoms with van der Waals surface area (Å²) in [7, 11) is 0. The summed E-state index contributed by atoms with van der Waals surface area (Å²) in [5, 5.41) is 3.61. The zero-order valence-corrected chi connectivity index (χ0v) is 15.8. The van der Waals surface area contributed by atoms with Gasteiger partial charge in [-0.2, -0.15) is 0 Å². The van der Waals surface area contributed by atoms with E-state index in [1.807, 2.05) is 6.07 Å². The molecule has 0 spiro atoms. The van der Waals surface area contributed by atoms with Gasteiger partial charge in [-0.1, -0.05) is 50.2 Å². The number of para-hydroxylation sites is 1. The highest BCUT2D eigenvalue weighted by atomic mass is 79.9. The van der Waals surface area contributed by atoms with Crippen molar-refractivity contribution in [1.29, 1.82) is 0 Å². The van der Waals surface area contributed by atoms with Gasteiger partial charge in [-0.3, -0.25) is 0 Å². The molecule has 3 heteroatoms. The Bertz CT molecular complexity index is 573. The van der Waals surface area contributed by atoms with E-state index in [0.717, 1.165) is 21.1 Å². The van der Waals surface area contributed by atoms with E-state index in [1.165, 1.54) is 5.56 Å². The van der Waals surface area contributed by atoms with Gasteiger partial charge in [0.1, 0.15) is 0 Å². The van der Waals surface area contributed by atoms with E-state index in [-0.39, 0.29) is 5.41 Å². The Balaban J connectivity index is 2.10. The lowest BCUT2D eigenvalue weighted by Crippen LogP contribution is -2.28. The van der Waals surface area contributed by atoms with Gasteiger partial charge in [0.15, 0.2) is 0 Å². The molecule has 112 valence electrons. The molecular weight excluding hydrogens is 390 g/mol. The third kappa shape index (κ3) is 4.33. The number of hydrogen-bond donors (Lipinski definition) is 1. The molecule has 0 amide bonds. The second-order valence-electron chi connectivity index (χ2n) is 6.10. The Kier molecular flexibility index (Phi) is 5.50. The summed E-state index contributed by atoms with van der Waals surface area (Å²) in [5.74, 6) is 0. The first-order valence-corrected chi connectivity index (χ1v) is 8.75. The molecule has 0 saturated heterocycles. The number of hydrogen-bond acceptors (Lipinski definition) is 1. The second kappa shape index (κ2) is 6.97. The molecule has 1 nitrogen and oxygen atoms in total. The zero-order valence-electron chi connectivity index (χ0n) is 12.7. The monoisotopic (exact) mass is 409 g/mol. The van der Waals surface area contributed by atoms with E-state index >= 15 is 0 Å². The fourth-order valence-electron chi connectivity index (χ4n) is 2.71. The van der Waals surface area contributed by atoms with Crippen LogP contribution in [0.4, 0.5) is 5.69 Å². The lowest BCUT2D eigenvalue weighted by Gasteiger charge is -2.30. The number of benzene rings is 2. The van der Waals surface area contributed by atoms with E-state index in [0.29, 0.717) is 6.04 Å². The normalized spacial score (nSPS) is 13.0. The highest BCUT2D eigenvalue weighted by Crippen LogP contribution is 2.34. The first kappa shape index (κ1) is 16.6. The third-order valence-corrected chi connectivity index (χ3v) is 5.05. The number of halogens is 2. The van der Waals surface area contributed by atoms with E-state index in [4.69, 9.17) is 0 Å². The van der Waals surface area contributed by atoms with Gasteiger partial charge < -0.3 is 5.32 Å². The van der Waals surface area contributed by atoms with Crippen molar-refractivity contribution in [1.82, 2.24) is 0 Å². The van der Waals surface area contributed by atoms with Crippen LogP contribution in [-0.2, 0) is 5.41 Å². The molecule has 1 unspecified atom stereocenters. The Labute approximate surface area is 144 Å². The van der Waals surface area contributed by atoms with Crippen molar-refractivity contribution in [2.24, 2.45) is 0 Å². The van der Waals surface area contributed by atoms with Gasteiger partial charge >= 0.3 is 0 Å². The number of rotatable bonds is 5. The molecule has 1 N–H and O–H groups in total. The maximum atomic E-state index is 3.61. The first-order valence-electron chi connectivity index (χ1n) is 7.16. The van der Waals surface area contributed by atoms with E-state index in [9.17, 15) is 0 Å². The summed E-state index contributed by atoms with van der Waals surface area (Å²) in [5.41, 5.74) is 2.64. The topological polar surface area (TPSA) is 12.0 Å². The van der Waals surface area contributed by atoms with Crippen LogP contribution in [0, 0.1) is 0 Å². The Morgan fingerprint density at radius 2 is 1.52 bits per heavy atom. The SMILES string of the molecule is CC(CC(C)(C)c1ccccc1)Nc1c(Br)cccc1Br. The summed E-state index contributed by atoms with van der Waals surface area (Å²) in [6.07, 6.45) is 1.06. The van der Waals surface area contributed by atoms with Crippen LogP contribution >= 0.6 is 31.9 Å². The van der Waals surface area contributed by atoms with Crippen molar-refractivity contribution in [2.45, 2.75) is 38.6 Å². The van der Waals surface area contributed by atoms with Crippen LogP contribution in [0.25, 0.3) is 0 Å². The lowest BCUT2D eigenvalue weighted by atomic mass is 9.79. The molecule has 21 heavy (non-hydrogen) atoms. The summed E-state index contributed by atoms with van der Waals surface area (Å²) in [6.45, 7) is 6.84. The fourth-order valence-corrected chi connectivity index (χ4v) is 3.93. The molecule has 2 aromatic carbocycles. The van der Waals surface area contributed by atoms with Crippen molar-refractivity contribution in [2.75, 3.05) is 5.32 Å². The molecule has 0 aliphatic carbocycles. The summed E-state index contributed by atoms with van der Waals surface area (Å²) in [4.78, 5) is 0. The first-order chi connectivity index (χ1) is 9.90. The molecule has 0 bridgehead atoms. The van der Waals surface area contributed by atoms with Crippen LogP contribution in [0.2, 0.25) is 0 Å². The quantitative estimate of drug-likeness (QED) is 0.602. The molecule has 1 atom stereocenters. The minimum Gasteiger partial charge on any atom is -0.381 e. The smallest absolute Gasteiger partial charge is 0.0631 e. The predicted molar refractivity (Wildman–Crippen MR) is 99.0 cm³/mol. The van der Waals surface area contributed by atoms with E-state index in [2.05, 4.69) is 100 Å². The van der Waals surface area contributed by atoms with Crippen LogP contribution in [0.3, 0.4) is 0 Å². The van der Waals surface area contributed by atoms with Gasteiger partial charge in [0, 0.05) is 15.0 Å². The van der Waals surface area contributed by atoms with Gasteiger partial charge in [-0.05, 0) is 68.3 Å². The molecule has 0 radical (unpaired) electrons. The molecule has 2 aromatic rings. The van der Waals surface area contributed by atoms with Crippen LogP contribution in [-0.4, -0.2) is 6.04 Å². The van der Waals surface area contributed by atoms with Gasteiger partial charge in [0.2, 0.25) is 0 Å². The summed E-state index contributed by atoms with van der Waals surface area (Å²) in [6, 6.07) is 17.2. The second-order valence-corrected chi connectivity index (χ2v) is 7.80. The van der Waals surface area contributed by atoms with E-state index in [1.54, 1.807) is 0 Å². The van der Waals surface area contributed by atoms with Crippen LogP contribution in [0.5, 0.6) is 0 Å². The average molecular weight is 411 g/mol. The minimum atomic E-state index is 0.140. The summed E-state index contributed by atoms with van der Waals surface area (Å²) >= 11 is 7.22. The van der Waals surface area contributed by atoms with Crippen LogP contribution < -0.4 is 5.32 Å². The number of anilines is 1. The van der Waals surface area contributed by atoms with Crippen molar-refractivity contribution < 1.29 is 0 Å². The predicted octanol–water partition coefficient (Wildman–Crippen LogP) is 6.38. The maximum absolute atomic E-state index is 3.61. The van der Waals surface area contributed by atoms with Crippen molar-refractivity contribution in [3.8, 4) is 0 Å². The van der Waals surface area contributed by atoms with Gasteiger partial charge in [-0.25, -0.2) is 0 Å². The van der Waals surface area contributed by atoms with E-state index < -0.39 is 0 Å². The molecule has 0 saturated carbocycles. The number of nitrogens with one attached hydrogen (secondary N) is 1. The molecule has 0 aliphatic heterocycles. The lowest BCUT2D eigenvalue weighted by molar-refractivity contribution is 0.450. The molecular formula is C18H21Br2N. The van der Waals surface area contributed by atoms with Crippen molar-refractivity contribution in [3.63, 3.8) is 0 Å². The van der Waals surface area contributed by atoms with Gasteiger partial charge in [0.05, 0.1) is 5.69 Å². The van der Waals surface area contributed by atoms with Crippen LogP contribution in [0.1, 0.15) is 32.8 Å². The largest absolute Gasteiger partial charge is 0.381 e. The summed E-state index contributed by atoms with van der Waals surface area (Å²) < 4.78 is 2.17.